The first-order valence-electron chi connectivity index (χ1n) is 8.71. The largest absolute Gasteiger partial charge is 0.311 e. The van der Waals surface area contributed by atoms with Crippen molar-refractivity contribution in [3.05, 3.63) is 34.9 Å². The topological polar surface area (TPSA) is 15.3 Å². The van der Waals surface area contributed by atoms with Crippen molar-refractivity contribution in [2.45, 2.75) is 65.1 Å². The van der Waals surface area contributed by atoms with E-state index >= 15 is 0 Å². The Morgan fingerprint density at radius 2 is 1.90 bits per heavy atom. The molecule has 2 nitrogen and oxygen atoms in total. The summed E-state index contributed by atoms with van der Waals surface area (Å²) in [6.45, 7) is 10.4. The summed E-state index contributed by atoms with van der Waals surface area (Å²) in [6.07, 6.45) is 5.46. The molecule has 1 aromatic rings. The SMILES string of the molecule is CCCC1CN(Cc2c(C)cccc2C)C(C2CC2)CN1. The van der Waals surface area contributed by atoms with E-state index in [-0.39, 0.29) is 0 Å². The minimum atomic E-state index is 0.689. The van der Waals surface area contributed by atoms with Crippen molar-refractivity contribution in [3.63, 3.8) is 0 Å². The summed E-state index contributed by atoms with van der Waals surface area (Å²) in [5, 5.41) is 3.79. The van der Waals surface area contributed by atoms with Gasteiger partial charge in [-0.1, -0.05) is 31.5 Å². The Bertz CT molecular complexity index is 458. The van der Waals surface area contributed by atoms with Crippen LogP contribution in [0.4, 0.5) is 0 Å². The lowest BCUT2D eigenvalue weighted by atomic mass is 9.98. The van der Waals surface area contributed by atoms with Crippen molar-refractivity contribution >= 4 is 0 Å². The van der Waals surface area contributed by atoms with E-state index in [2.05, 4.69) is 49.2 Å². The third-order valence-electron chi connectivity index (χ3n) is 5.35. The molecule has 21 heavy (non-hydrogen) atoms. The van der Waals surface area contributed by atoms with Gasteiger partial charge >= 0.3 is 0 Å². The second-order valence-electron chi connectivity index (χ2n) is 7.10. The summed E-state index contributed by atoms with van der Waals surface area (Å²) in [4.78, 5) is 2.78. The number of nitrogens with one attached hydrogen (secondary N) is 1. The number of hydrogen-bond acceptors (Lipinski definition) is 2. The van der Waals surface area contributed by atoms with Crippen LogP contribution in [-0.4, -0.2) is 30.1 Å². The fraction of sp³-hybridized carbons (Fsp3) is 0.684. The van der Waals surface area contributed by atoms with Crippen LogP contribution in [0.3, 0.4) is 0 Å². The molecule has 1 heterocycles. The Kier molecular flexibility index (Phi) is 4.66. The fourth-order valence-corrected chi connectivity index (χ4v) is 3.87. The molecule has 3 rings (SSSR count). The standard InChI is InChI=1S/C19H30N2/c1-4-6-17-12-21(19(11-20-17)16-9-10-16)13-18-14(2)7-5-8-15(18)3/h5,7-8,16-17,19-20H,4,6,9-13H2,1-3H3. The van der Waals surface area contributed by atoms with Crippen LogP contribution < -0.4 is 5.32 Å². The van der Waals surface area contributed by atoms with Crippen molar-refractivity contribution in [2.75, 3.05) is 13.1 Å². The van der Waals surface area contributed by atoms with Crippen LogP contribution in [0.15, 0.2) is 18.2 Å². The second-order valence-corrected chi connectivity index (χ2v) is 7.10. The van der Waals surface area contributed by atoms with Gasteiger partial charge in [-0.3, -0.25) is 4.90 Å². The molecule has 2 atom stereocenters. The van der Waals surface area contributed by atoms with Crippen LogP contribution in [0.5, 0.6) is 0 Å². The zero-order valence-corrected chi connectivity index (χ0v) is 13.9. The van der Waals surface area contributed by atoms with Gasteiger partial charge in [0.15, 0.2) is 0 Å². The lowest BCUT2D eigenvalue weighted by molar-refractivity contribution is 0.104. The summed E-state index contributed by atoms with van der Waals surface area (Å²) in [5.74, 6) is 0.949. The quantitative estimate of drug-likeness (QED) is 0.888. The number of aryl methyl sites for hydroxylation is 2. The molecule has 0 radical (unpaired) electrons. The zero-order chi connectivity index (χ0) is 14.8. The molecule has 0 bridgehead atoms. The Labute approximate surface area is 129 Å². The summed E-state index contributed by atoms with van der Waals surface area (Å²) in [6, 6.07) is 8.16. The fourth-order valence-electron chi connectivity index (χ4n) is 3.87. The van der Waals surface area contributed by atoms with Gasteiger partial charge in [0.1, 0.15) is 0 Å². The van der Waals surface area contributed by atoms with Gasteiger partial charge in [0, 0.05) is 31.7 Å². The predicted molar refractivity (Wildman–Crippen MR) is 89.5 cm³/mol. The van der Waals surface area contributed by atoms with Crippen LogP contribution in [-0.2, 0) is 6.54 Å². The molecule has 1 saturated heterocycles. The summed E-state index contributed by atoms with van der Waals surface area (Å²) in [7, 11) is 0. The Morgan fingerprint density at radius 3 is 2.52 bits per heavy atom. The molecule has 1 N–H and O–H groups in total. The highest BCUT2D eigenvalue weighted by molar-refractivity contribution is 5.33. The number of piperazine rings is 1. The summed E-state index contributed by atoms with van der Waals surface area (Å²) >= 11 is 0. The highest BCUT2D eigenvalue weighted by Gasteiger charge is 2.38. The second kappa shape index (κ2) is 6.50. The number of benzene rings is 1. The van der Waals surface area contributed by atoms with E-state index < -0.39 is 0 Å². The van der Waals surface area contributed by atoms with Crippen molar-refractivity contribution < 1.29 is 0 Å². The molecule has 0 amide bonds. The first kappa shape index (κ1) is 15.1. The number of nitrogens with zero attached hydrogens (tertiary/aromatic N) is 1. The van der Waals surface area contributed by atoms with Crippen LogP contribution >= 0.6 is 0 Å². The van der Waals surface area contributed by atoms with Gasteiger partial charge in [0.25, 0.3) is 0 Å². The smallest absolute Gasteiger partial charge is 0.0253 e. The average molecular weight is 286 g/mol. The average Bonchev–Trinajstić information content (AvgIpc) is 3.28. The number of rotatable bonds is 5. The Balaban J connectivity index is 1.75. The minimum Gasteiger partial charge on any atom is -0.311 e. The van der Waals surface area contributed by atoms with E-state index in [1.165, 1.54) is 49.9 Å². The summed E-state index contributed by atoms with van der Waals surface area (Å²) < 4.78 is 0. The summed E-state index contributed by atoms with van der Waals surface area (Å²) in [5.41, 5.74) is 4.46. The van der Waals surface area contributed by atoms with Gasteiger partial charge in [-0.25, -0.2) is 0 Å². The highest BCUT2D eigenvalue weighted by atomic mass is 15.2. The zero-order valence-electron chi connectivity index (χ0n) is 13.9. The first-order chi connectivity index (χ1) is 10.2. The maximum absolute atomic E-state index is 3.79. The maximum atomic E-state index is 3.79. The van der Waals surface area contributed by atoms with Crippen LogP contribution in [0.25, 0.3) is 0 Å². The molecule has 116 valence electrons. The normalized spacial score (nSPS) is 27.0. The van der Waals surface area contributed by atoms with E-state index in [1.54, 1.807) is 5.56 Å². The molecule has 1 aliphatic heterocycles. The van der Waals surface area contributed by atoms with E-state index in [0.717, 1.165) is 18.5 Å². The van der Waals surface area contributed by atoms with Crippen molar-refractivity contribution in [3.8, 4) is 0 Å². The minimum absolute atomic E-state index is 0.689. The molecule has 2 aliphatic rings. The molecule has 2 fully saturated rings. The Morgan fingerprint density at radius 1 is 1.19 bits per heavy atom. The molecular weight excluding hydrogens is 256 g/mol. The van der Waals surface area contributed by atoms with E-state index in [4.69, 9.17) is 0 Å². The molecule has 1 aromatic carbocycles. The van der Waals surface area contributed by atoms with Gasteiger partial charge in [-0.05, 0) is 55.7 Å². The van der Waals surface area contributed by atoms with E-state index in [0.29, 0.717) is 6.04 Å². The highest BCUT2D eigenvalue weighted by Crippen LogP contribution is 2.37. The lowest BCUT2D eigenvalue weighted by Gasteiger charge is -2.41. The van der Waals surface area contributed by atoms with Crippen molar-refractivity contribution in [1.29, 1.82) is 0 Å². The maximum Gasteiger partial charge on any atom is 0.0253 e. The van der Waals surface area contributed by atoms with Crippen molar-refractivity contribution in [2.24, 2.45) is 5.92 Å². The number of hydrogen-bond donors (Lipinski definition) is 1. The molecule has 2 unspecified atom stereocenters. The lowest BCUT2D eigenvalue weighted by Crippen LogP contribution is -2.56. The van der Waals surface area contributed by atoms with Crippen molar-refractivity contribution in [1.82, 2.24) is 10.2 Å². The van der Waals surface area contributed by atoms with Crippen LogP contribution in [0.1, 0.15) is 49.3 Å². The van der Waals surface area contributed by atoms with Crippen LogP contribution in [0.2, 0.25) is 0 Å². The molecule has 0 aromatic heterocycles. The van der Waals surface area contributed by atoms with E-state index in [9.17, 15) is 0 Å². The van der Waals surface area contributed by atoms with Gasteiger partial charge < -0.3 is 5.32 Å². The molecule has 2 heteroatoms. The molecule has 1 aliphatic carbocycles. The van der Waals surface area contributed by atoms with Crippen LogP contribution in [0, 0.1) is 19.8 Å². The van der Waals surface area contributed by atoms with E-state index in [1.807, 2.05) is 0 Å². The molecule has 1 saturated carbocycles. The van der Waals surface area contributed by atoms with Gasteiger partial charge in [0.05, 0.1) is 0 Å². The molecular formula is C19H30N2. The third kappa shape index (κ3) is 3.49. The molecule has 0 spiro atoms. The Hall–Kier alpha value is -0.860. The first-order valence-corrected chi connectivity index (χ1v) is 8.71. The van der Waals surface area contributed by atoms with Gasteiger partial charge in [-0.15, -0.1) is 0 Å². The monoisotopic (exact) mass is 286 g/mol. The van der Waals surface area contributed by atoms with Gasteiger partial charge in [-0.2, -0.15) is 0 Å². The van der Waals surface area contributed by atoms with Gasteiger partial charge in [0.2, 0.25) is 0 Å². The predicted octanol–water partition coefficient (Wildman–Crippen LogP) is 3.66. The third-order valence-corrected chi connectivity index (χ3v) is 5.35.